The van der Waals surface area contributed by atoms with E-state index in [1.54, 1.807) is 6.21 Å². The van der Waals surface area contributed by atoms with E-state index in [1.807, 2.05) is 66.8 Å². The summed E-state index contributed by atoms with van der Waals surface area (Å²) in [6.45, 7) is 3.86. The van der Waals surface area contributed by atoms with Gasteiger partial charge in [0.1, 0.15) is 0 Å². The topological polar surface area (TPSA) is 56.3 Å². The number of aromatic nitrogens is 2. The number of aromatic amines is 2. The number of hydrogen-bond acceptors (Lipinski definition) is 2. The van der Waals surface area contributed by atoms with E-state index in [0.29, 0.717) is 0 Å². The Morgan fingerprint density at radius 3 is 2.38 bits per heavy atom. The molecule has 4 heterocycles. The van der Waals surface area contributed by atoms with Crippen molar-refractivity contribution < 1.29 is 0 Å². The molecule has 0 saturated heterocycles. The van der Waals surface area contributed by atoms with Crippen molar-refractivity contribution in [3.8, 4) is 0 Å². The van der Waals surface area contributed by atoms with Crippen molar-refractivity contribution in [2.24, 2.45) is 9.98 Å². The summed E-state index contributed by atoms with van der Waals surface area (Å²) >= 11 is 0. The van der Waals surface area contributed by atoms with Crippen LogP contribution in [0, 0.1) is 0 Å². The van der Waals surface area contributed by atoms with Crippen LogP contribution in [0.4, 0.5) is 0 Å². The van der Waals surface area contributed by atoms with Gasteiger partial charge in [-0.05, 0) is 66.8 Å². The summed E-state index contributed by atoms with van der Waals surface area (Å²) in [4.78, 5) is 15.4. The maximum Gasteiger partial charge on any atom is 0.0658 e. The van der Waals surface area contributed by atoms with Gasteiger partial charge in [0.05, 0.1) is 17.1 Å². The Balaban J connectivity index is 1.55. The maximum atomic E-state index is 4.60. The fourth-order valence-electron chi connectivity index (χ4n) is 2.57. The van der Waals surface area contributed by atoms with Gasteiger partial charge in [0.2, 0.25) is 0 Å². The molecule has 0 fully saturated rings. The molecule has 2 aromatic rings. The molecule has 4 heteroatoms. The number of aliphatic imine (C=N–C) groups is 2. The van der Waals surface area contributed by atoms with E-state index in [4.69, 9.17) is 0 Å². The van der Waals surface area contributed by atoms with Crippen LogP contribution in [0.2, 0.25) is 0 Å². The zero-order chi connectivity index (χ0) is 16.4. The Labute approximate surface area is 139 Å². The molecule has 2 aliphatic heterocycles. The van der Waals surface area contributed by atoms with Gasteiger partial charge in [0.25, 0.3) is 0 Å². The molecule has 0 radical (unpaired) electrons. The third kappa shape index (κ3) is 3.17. The third-order valence-electron chi connectivity index (χ3n) is 3.67. The average Bonchev–Trinajstić information content (AvgIpc) is 3.32. The fourth-order valence-corrected chi connectivity index (χ4v) is 2.57. The van der Waals surface area contributed by atoms with Gasteiger partial charge in [-0.3, -0.25) is 4.99 Å². The van der Waals surface area contributed by atoms with Crippen LogP contribution in [0.5, 0.6) is 0 Å². The van der Waals surface area contributed by atoms with Crippen LogP contribution in [-0.2, 0) is 0 Å². The normalized spacial score (nSPS) is 20.0. The Morgan fingerprint density at radius 2 is 1.67 bits per heavy atom. The summed E-state index contributed by atoms with van der Waals surface area (Å²) in [5.74, 6) is 0. The zero-order valence-corrected chi connectivity index (χ0v) is 13.0. The summed E-state index contributed by atoms with van der Waals surface area (Å²) in [5.41, 5.74) is 4.82. The van der Waals surface area contributed by atoms with Crippen LogP contribution in [0.3, 0.4) is 0 Å². The maximum absolute atomic E-state index is 4.60. The molecule has 0 spiro atoms. The quantitative estimate of drug-likeness (QED) is 0.875. The monoisotopic (exact) mass is 312 g/mol. The minimum atomic E-state index is 0.897. The molecule has 0 unspecified atom stereocenters. The second-order valence-corrected chi connectivity index (χ2v) is 5.60. The van der Waals surface area contributed by atoms with Crippen LogP contribution in [-0.4, -0.2) is 21.9 Å². The largest absolute Gasteiger partial charge is 0.356 e. The minimum Gasteiger partial charge on any atom is -0.356 e. The molecule has 4 rings (SSSR count). The molecule has 24 heavy (non-hydrogen) atoms. The van der Waals surface area contributed by atoms with E-state index < -0.39 is 0 Å². The van der Waals surface area contributed by atoms with Gasteiger partial charge in [0, 0.05) is 28.3 Å². The van der Waals surface area contributed by atoms with E-state index in [2.05, 4.69) is 26.5 Å². The summed E-state index contributed by atoms with van der Waals surface area (Å²) < 4.78 is 0. The van der Waals surface area contributed by atoms with Crippen LogP contribution in [0.25, 0.3) is 24.8 Å². The second-order valence-electron chi connectivity index (χ2n) is 5.60. The first-order valence-electron chi connectivity index (χ1n) is 7.70. The number of allylic oxidation sites excluding steroid dienone is 4. The van der Waals surface area contributed by atoms with Gasteiger partial charge >= 0.3 is 0 Å². The van der Waals surface area contributed by atoms with E-state index >= 15 is 0 Å². The number of nitrogens with zero attached hydrogens (tertiary/aromatic N) is 2. The SMILES string of the molecule is C=c1cc/c(=C\C2=NC(=C\c3ccc(/C=C4/C=CC=N4)[nH]3)/C=C2)[nH]1. The van der Waals surface area contributed by atoms with Gasteiger partial charge in [-0.15, -0.1) is 0 Å². The van der Waals surface area contributed by atoms with Crippen LogP contribution < -0.4 is 10.7 Å². The predicted octanol–water partition coefficient (Wildman–Crippen LogP) is 2.57. The third-order valence-corrected chi connectivity index (χ3v) is 3.67. The molecule has 2 aliphatic rings. The highest BCUT2D eigenvalue weighted by atomic mass is 14.8. The van der Waals surface area contributed by atoms with Gasteiger partial charge in [-0.25, -0.2) is 4.99 Å². The molecule has 0 aliphatic carbocycles. The first kappa shape index (κ1) is 14.2. The molecule has 0 atom stereocenters. The van der Waals surface area contributed by atoms with E-state index in [0.717, 1.165) is 39.2 Å². The Kier molecular flexibility index (Phi) is 3.56. The summed E-state index contributed by atoms with van der Waals surface area (Å²) in [6.07, 6.45) is 15.7. The molecular weight excluding hydrogens is 296 g/mol. The van der Waals surface area contributed by atoms with Crippen molar-refractivity contribution in [1.82, 2.24) is 9.97 Å². The highest BCUT2D eigenvalue weighted by molar-refractivity contribution is 6.19. The molecule has 0 bridgehead atoms. The molecule has 0 aromatic carbocycles. The van der Waals surface area contributed by atoms with Crippen LogP contribution in [0.15, 0.2) is 69.9 Å². The predicted molar refractivity (Wildman–Crippen MR) is 101 cm³/mol. The van der Waals surface area contributed by atoms with Crippen molar-refractivity contribution in [3.05, 3.63) is 82.0 Å². The highest BCUT2D eigenvalue weighted by Crippen LogP contribution is 2.16. The lowest BCUT2D eigenvalue weighted by atomic mass is 10.3. The lowest BCUT2D eigenvalue weighted by Gasteiger charge is -1.91. The number of nitrogens with one attached hydrogen (secondary N) is 2. The molecule has 2 aromatic heterocycles. The molecule has 0 amide bonds. The minimum absolute atomic E-state index is 0.897. The van der Waals surface area contributed by atoms with E-state index in [1.165, 1.54) is 0 Å². The van der Waals surface area contributed by atoms with Gasteiger partial charge in [-0.1, -0.05) is 6.58 Å². The fraction of sp³-hybridized carbons (Fsp3) is 0. The molecule has 0 saturated carbocycles. The Hall–Kier alpha value is -3.40. The second kappa shape index (κ2) is 6.01. The summed E-state index contributed by atoms with van der Waals surface area (Å²) in [6, 6.07) is 8.00. The lowest BCUT2D eigenvalue weighted by molar-refractivity contribution is 1.28. The van der Waals surface area contributed by atoms with Crippen LogP contribution in [0.1, 0.15) is 11.4 Å². The smallest absolute Gasteiger partial charge is 0.0658 e. The van der Waals surface area contributed by atoms with Gasteiger partial charge in [-0.2, -0.15) is 0 Å². The van der Waals surface area contributed by atoms with Crippen LogP contribution >= 0.6 is 0 Å². The van der Waals surface area contributed by atoms with Crippen molar-refractivity contribution >= 4 is 36.7 Å². The standard InChI is InChI=1S/C20H16N4/c1-14-4-5-16(22-14)12-18-8-9-20(24-18)13-19-7-6-17(23-19)11-15-3-2-10-21-15/h2-13,22-23H,1H2/b15-11-,16-12+,20-13-. The Morgan fingerprint density at radius 1 is 0.833 bits per heavy atom. The molecule has 116 valence electrons. The first-order valence-corrected chi connectivity index (χ1v) is 7.70. The zero-order valence-electron chi connectivity index (χ0n) is 13.0. The number of rotatable bonds is 3. The Bertz CT molecular complexity index is 1050. The van der Waals surface area contributed by atoms with Crippen molar-refractivity contribution in [2.45, 2.75) is 0 Å². The number of hydrogen-bond donors (Lipinski definition) is 2. The first-order chi connectivity index (χ1) is 11.7. The van der Waals surface area contributed by atoms with Crippen molar-refractivity contribution in [2.75, 3.05) is 0 Å². The summed E-state index contributed by atoms with van der Waals surface area (Å²) in [5, 5.41) is 1.90. The lowest BCUT2D eigenvalue weighted by Crippen LogP contribution is -2.08. The van der Waals surface area contributed by atoms with E-state index in [-0.39, 0.29) is 0 Å². The van der Waals surface area contributed by atoms with Gasteiger partial charge < -0.3 is 9.97 Å². The van der Waals surface area contributed by atoms with Gasteiger partial charge in [0.15, 0.2) is 0 Å². The summed E-state index contributed by atoms with van der Waals surface area (Å²) in [7, 11) is 0. The number of H-pyrrole nitrogens is 2. The molecule has 4 nitrogen and oxygen atoms in total. The van der Waals surface area contributed by atoms with Crippen molar-refractivity contribution in [1.29, 1.82) is 0 Å². The van der Waals surface area contributed by atoms with E-state index in [9.17, 15) is 0 Å². The average molecular weight is 312 g/mol. The van der Waals surface area contributed by atoms with Crippen molar-refractivity contribution in [3.63, 3.8) is 0 Å². The molecule has 2 N–H and O–H groups in total. The highest BCUT2D eigenvalue weighted by Gasteiger charge is 2.03. The molecular formula is C20H16N4.